The average Bonchev–Trinajstić information content (AvgIpc) is 2.81. The van der Waals surface area contributed by atoms with Crippen LogP contribution in [-0.4, -0.2) is 21.6 Å². The molecule has 4 nitrogen and oxygen atoms in total. The summed E-state index contributed by atoms with van der Waals surface area (Å²) in [5.41, 5.74) is 1.88. The smallest absolute Gasteiger partial charge is 0.144 e. The second-order valence-corrected chi connectivity index (χ2v) is 4.00. The molecule has 1 N–H and O–H groups in total. The van der Waals surface area contributed by atoms with E-state index in [0.717, 1.165) is 22.7 Å². The number of hydrogen-bond donors (Lipinski definition) is 1. The van der Waals surface area contributed by atoms with Gasteiger partial charge in [-0.2, -0.15) is 0 Å². The third kappa shape index (κ3) is 1.68. The molecule has 0 aliphatic rings. The number of fused-ring (bicyclic) bond motifs is 1. The van der Waals surface area contributed by atoms with Crippen molar-refractivity contribution in [2.75, 3.05) is 7.11 Å². The predicted octanol–water partition coefficient (Wildman–Crippen LogP) is 2.72. The lowest BCUT2D eigenvalue weighted by Gasteiger charge is -2.04. The van der Waals surface area contributed by atoms with Crippen LogP contribution in [0.1, 0.15) is 0 Å². The highest BCUT2D eigenvalue weighted by molar-refractivity contribution is 5.64. The molecule has 18 heavy (non-hydrogen) atoms. The molecule has 0 amide bonds. The minimum Gasteiger partial charge on any atom is -0.506 e. The predicted molar refractivity (Wildman–Crippen MR) is 68.8 cm³/mol. The van der Waals surface area contributed by atoms with Crippen LogP contribution in [0.2, 0.25) is 0 Å². The fourth-order valence-corrected chi connectivity index (χ4v) is 1.95. The van der Waals surface area contributed by atoms with Crippen molar-refractivity contribution in [1.29, 1.82) is 0 Å². The highest BCUT2D eigenvalue weighted by Crippen LogP contribution is 2.25. The molecule has 0 saturated carbocycles. The molecule has 3 rings (SSSR count). The number of aromatic nitrogens is 2. The van der Waals surface area contributed by atoms with Crippen LogP contribution < -0.4 is 4.74 Å². The Hall–Kier alpha value is -2.49. The van der Waals surface area contributed by atoms with Crippen molar-refractivity contribution >= 4 is 5.52 Å². The van der Waals surface area contributed by atoms with Gasteiger partial charge in [0.25, 0.3) is 0 Å². The first kappa shape index (κ1) is 10.7. The van der Waals surface area contributed by atoms with Crippen molar-refractivity contribution in [3.63, 3.8) is 0 Å². The summed E-state index contributed by atoms with van der Waals surface area (Å²) in [6, 6.07) is 11.1. The number of nitrogens with zero attached hydrogens (tertiary/aromatic N) is 2. The molecule has 0 aliphatic carbocycles. The Kier molecular flexibility index (Phi) is 2.41. The highest BCUT2D eigenvalue weighted by Gasteiger charge is 2.07. The third-order valence-corrected chi connectivity index (χ3v) is 2.84. The fourth-order valence-electron chi connectivity index (χ4n) is 1.95. The van der Waals surface area contributed by atoms with Crippen LogP contribution in [0.3, 0.4) is 0 Å². The van der Waals surface area contributed by atoms with Crippen LogP contribution in [0.4, 0.5) is 0 Å². The van der Waals surface area contributed by atoms with E-state index < -0.39 is 0 Å². The zero-order valence-electron chi connectivity index (χ0n) is 9.87. The molecule has 0 radical (unpaired) electrons. The van der Waals surface area contributed by atoms with Crippen molar-refractivity contribution < 1.29 is 9.84 Å². The van der Waals surface area contributed by atoms with Crippen molar-refractivity contribution in [1.82, 2.24) is 9.38 Å². The first-order chi connectivity index (χ1) is 8.78. The maximum Gasteiger partial charge on any atom is 0.144 e. The minimum absolute atomic E-state index is 0.213. The maximum atomic E-state index is 9.55. The van der Waals surface area contributed by atoms with E-state index in [2.05, 4.69) is 4.98 Å². The monoisotopic (exact) mass is 240 g/mol. The second-order valence-electron chi connectivity index (χ2n) is 4.00. The number of imidazole rings is 1. The van der Waals surface area contributed by atoms with Gasteiger partial charge < -0.3 is 9.84 Å². The molecule has 0 fully saturated rings. The largest absolute Gasteiger partial charge is 0.506 e. The Bertz CT molecular complexity index is 704. The Balaban J connectivity index is 2.21. The van der Waals surface area contributed by atoms with Gasteiger partial charge in [0.2, 0.25) is 0 Å². The second kappa shape index (κ2) is 4.07. The van der Waals surface area contributed by atoms with E-state index in [0.29, 0.717) is 0 Å². The zero-order chi connectivity index (χ0) is 12.5. The van der Waals surface area contributed by atoms with E-state index in [9.17, 15) is 5.11 Å². The molecule has 0 spiro atoms. The molecular formula is C14H12N2O2. The van der Waals surface area contributed by atoms with Gasteiger partial charge in [-0.05, 0) is 24.3 Å². The van der Waals surface area contributed by atoms with Gasteiger partial charge >= 0.3 is 0 Å². The number of ether oxygens (including phenoxy) is 1. The van der Waals surface area contributed by atoms with Gasteiger partial charge in [0.15, 0.2) is 0 Å². The lowest BCUT2D eigenvalue weighted by molar-refractivity contribution is 0.415. The summed E-state index contributed by atoms with van der Waals surface area (Å²) in [6.07, 6.45) is 3.42. The summed E-state index contributed by atoms with van der Waals surface area (Å²) in [5.74, 6) is 1.77. The summed E-state index contributed by atoms with van der Waals surface area (Å²) in [7, 11) is 1.63. The van der Waals surface area contributed by atoms with Crippen LogP contribution in [0.5, 0.6) is 11.5 Å². The van der Waals surface area contributed by atoms with Crippen LogP contribution in [0, 0.1) is 0 Å². The first-order valence-electron chi connectivity index (χ1n) is 5.58. The van der Waals surface area contributed by atoms with Crippen LogP contribution in [0.25, 0.3) is 16.9 Å². The van der Waals surface area contributed by atoms with Crippen LogP contribution in [0.15, 0.2) is 48.8 Å². The standard InChI is InChI=1S/C14H12N2O2/c1-18-13-4-2-3-10(7-13)14-15-8-11-5-6-12(17)9-16(11)14/h2-9,17H,1H3. The number of methoxy groups -OCH3 is 1. The Morgan fingerprint density at radius 3 is 2.94 bits per heavy atom. The fraction of sp³-hybridized carbons (Fsp3) is 0.0714. The van der Waals surface area contributed by atoms with Gasteiger partial charge in [0, 0.05) is 5.56 Å². The number of aromatic hydroxyl groups is 1. The molecule has 0 aliphatic heterocycles. The molecular weight excluding hydrogens is 228 g/mol. The van der Waals surface area contributed by atoms with Crippen LogP contribution in [-0.2, 0) is 0 Å². The number of rotatable bonds is 2. The van der Waals surface area contributed by atoms with E-state index in [1.54, 1.807) is 25.6 Å². The van der Waals surface area contributed by atoms with Gasteiger partial charge in [-0.15, -0.1) is 0 Å². The lowest BCUT2D eigenvalue weighted by Crippen LogP contribution is -1.90. The molecule has 0 saturated heterocycles. The average molecular weight is 240 g/mol. The normalized spacial score (nSPS) is 10.7. The van der Waals surface area contributed by atoms with Crippen molar-refractivity contribution in [3.8, 4) is 22.9 Å². The topological polar surface area (TPSA) is 46.8 Å². The SMILES string of the molecule is COc1cccc(-c2ncc3ccc(O)cn23)c1. The Labute approximate surface area is 104 Å². The summed E-state index contributed by atoms with van der Waals surface area (Å²) < 4.78 is 7.05. The van der Waals surface area contributed by atoms with E-state index in [1.807, 2.05) is 34.7 Å². The van der Waals surface area contributed by atoms with E-state index in [-0.39, 0.29) is 5.75 Å². The highest BCUT2D eigenvalue weighted by atomic mass is 16.5. The van der Waals surface area contributed by atoms with Gasteiger partial charge in [-0.3, -0.25) is 4.40 Å². The zero-order valence-corrected chi connectivity index (χ0v) is 9.87. The molecule has 0 atom stereocenters. The van der Waals surface area contributed by atoms with Gasteiger partial charge in [-0.25, -0.2) is 4.98 Å². The summed E-state index contributed by atoms with van der Waals surface area (Å²) in [6.45, 7) is 0. The molecule has 90 valence electrons. The van der Waals surface area contributed by atoms with Crippen LogP contribution >= 0.6 is 0 Å². The van der Waals surface area contributed by atoms with E-state index in [4.69, 9.17) is 4.74 Å². The number of benzene rings is 1. The summed E-state index contributed by atoms with van der Waals surface area (Å²) in [4.78, 5) is 4.38. The van der Waals surface area contributed by atoms with E-state index in [1.165, 1.54) is 0 Å². The van der Waals surface area contributed by atoms with Crippen molar-refractivity contribution in [2.24, 2.45) is 0 Å². The molecule has 0 bridgehead atoms. The summed E-state index contributed by atoms with van der Waals surface area (Å²) >= 11 is 0. The lowest BCUT2D eigenvalue weighted by atomic mass is 10.2. The van der Waals surface area contributed by atoms with Gasteiger partial charge in [-0.1, -0.05) is 12.1 Å². The molecule has 1 aromatic carbocycles. The minimum atomic E-state index is 0.213. The Morgan fingerprint density at radius 1 is 1.22 bits per heavy atom. The summed E-state index contributed by atoms with van der Waals surface area (Å²) in [5, 5.41) is 9.55. The molecule has 4 heteroatoms. The quantitative estimate of drug-likeness (QED) is 0.749. The number of pyridine rings is 1. The first-order valence-corrected chi connectivity index (χ1v) is 5.58. The molecule has 3 aromatic rings. The van der Waals surface area contributed by atoms with E-state index >= 15 is 0 Å². The van der Waals surface area contributed by atoms with Crippen molar-refractivity contribution in [2.45, 2.75) is 0 Å². The third-order valence-electron chi connectivity index (χ3n) is 2.84. The van der Waals surface area contributed by atoms with Gasteiger partial charge in [0.1, 0.15) is 17.3 Å². The molecule has 2 aromatic heterocycles. The van der Waals surface area contributed by atoms with Gasteiger partial charge in [0.05, 0.1) is 25.0 Å². The number of hydrogen-bond acceptors (Lipinski definition) is 3. The maximum absolute atomic E-state index is 9.55. The molecule has 2 heterocycles. The van der Waals surface area contributed by atoms with Crippen molar-refractivity contribution in [3.05, 3.63) is 48.8 Å². The Morgan fingerprint density at radius 2 is 2.11 bits per heavy atom. The molecule has 0 unspecified atom stereocenters.